The lowest BCUT2D eigenvalue weighted by Crippen LogP contribution is -2.28. The molecule has 9 heteroatoms. The van der Waals surface area contributed by atoms with Gasteiger partial charge in [0.05, 0.1) is 23.2 Å². The molecule has 2 atom stereocenters. The summed E-state index contributed by atoms with van der Waals surface area (Å²) in [6.07, 6.45) is 2.26. The minimum atomic E-state index is -1.34. The zero-order valence-electron chi connectivity index (χ0n) is 19.7. The molecule has 1 saturated heterocycles. The molecule has 0 spiro atoms. The molecular weight excluding hydrogens is 473 g/mol. The zero-order chi connectivity index (χ0) is 25.4. The third-order valence-electron chi connectivity index (χ3n) is 6.75. The summed E-state index contributed by atoms with van der Waals surface area (Å²) in [7, 11) is 0. The molecule has 2 heterocycles. The second-order valence-corrected chi connectivity index (χ2v) is 9.87. The van der Waals surface area contributed by atoms with Gasteiger partial charge in [-0.3, -0.25) is 4.79 Å². The normalized spacial score (nSPS) is 16.9. The van der Waals surface area contributed by atoms with E-state index in [2.05, 4.69) is 4.90 Å². The Morgan fingerprint density at radius 3 is 2.63 bits per heavy atom. The fraction of sp³-hybridized carbons (Fsp3) is 0.385. The van der Waals surface area contributed by atoms with Gasteiger partial charge in [-0.1, -0.05) is 37.6 Å². The molecular formula is C26H29ClFN3O4. The average molecular weight is 502 g/mol. The predicted octanol–water partition coefficient (Wildman–Crippen LogP) is 3.81. The number of aliphatic hydroxyl groups is 1. The van der Waals surface area contributed by atoms with Crippen LogP contribution in [0.15, 0.2) is 41.3 Å². The van der Waals surface area contributed by atoms with Gasteiger partial charge in [-0.05, 0) is 41.7 Å². The number of hydrogen-bond donors (Lipinski definition) is 3. The van der Waals surface area contributed by atoms with E-state index >= 15 is 0 Å². The van der Waals surface area contributed by atoms with Crippen molar-refractivity contribution in [3.63, 3.8) is 0 Å². The van der Waals surface area contributed by atoms with Crippen molar-refractivity contribution in [3.8, 4) is 0 Å². The lowest BCUT2D eigenvalue weighted by atomic mass is 9.97. The maximum Gasteiger partial charge on any atom is 0.341 e. The van der Waals surface area contributed by atoms with E-state index in [4.69, 9.17) is 17.3 Å². The van der Waals surface area contributed by atoms with Gasteiger partial charge in [0.2, 0.25) is 5.43 Å². The van der Waals surface area contributed by atoms with E-state index in [9.17, 15) is 24.2 Å². The van der Waals surface area contributed by atoms with Crippen LogP contribution in [0.25, 0.3) is 10.9 Å². The predicted molar refractivity (Wildman–Crippen MR) is 135 cm³/mol. The summed E-state index contributed by atoms with van der Waals surface area (Å²) in [5.74, 6) is -1.91. The van der Waals surface area contributed by atoms with Crippen LogP contribution in [0.3, 0.4) is 0 Å². The number of hydrogen-bond acceptors (Lipinski definition) is 5. The summed E-state index contributed by atoms with van der Waals surface area (Å²) in [6.45, 7) is 4.91. The van der Waals surface area contributed by atoms with E-state index in [0.717, 1.165) is 12.1 Å². The van der Waals surface area contributed by atoms with Crippen LogP contribution in [0.5, 0.6) is 0 Å². The monoisotopic (exact) mass is 501 g/mol. The minimum absolute atomic E-state index is 0.00581. The molecule has 0 radical (unpaired) electrons. The second kappa shape index (κ2) is 9.97. The SMILES string of the molecule is CC(C)[C@@H](CO)n1cc(C(=O)O)c(=O)c2cc(Cc3cccc(Cl)c3F)c(N3CCC(N)C3)cc21. The largest absolute Gasteiger partial charge is 0.477 e. The van der Waals surface area contributed by atoms with E-state index in [-0.39, 0.29) is 41.0 Å². The smallest absolute Gasteiger partial charge is 0.341 e. The van der Waals surface area contributed by atoms with Crippen LogP contribution in [-0.4, -0.2) is 46.5 Å². The zero-order valence-corrected chi connectivity index (χ0v) is 20.4. The maximum absolute atomic E-state index is 14.8. The van der Waals surface area contributed by atoms with Gasteiger partial charge < -0.3 is 25.4 Å². The molecule has 0 amide bonds. The summed E-state index contributed by atoms with van der Waals surface area (Å²) in [5, 5.41) is 20.0. The Morgan fingerprint density at radius 2 is 2.03 bits per heavy atom. The number of aliphatic hydroxyl groups excluding tert-OH is 1. The number of carboxylic acid groups (broad SMARTS) is 1. The van der Waals surface area contributed by atoms with Gasteiger partial charge in [0.1, 0.15) is 11.4 Å². The molecule has 0 bridgehead atoms. The third kappa shape index (κ3) is 4.78. The molecule has 3 aromatic rings. The molecule has 0 aliphatic carbocycles. The van der Waals surface area contributed by atoms with Crippen molar-refractivity contribution in [1.82, 2.24) is 4.57 Å². The molecule has 0 saturated carbocycles. The lowest BCUT2D eigenvalue weighted by Gasteiger charge is -2.27. The van der Waals surface area contributed by atoms with Gasteiger partial charge in [-0.2, -0.15) is 0 Å². The van der Waals surface area contributed by atoms with E-state index in [0.29, 0.717) is 29.7 Å². The van der Waals surface area contributed by atoms with Gasteiger partial charge in [-0.15, -0.1) is 0 Å². The van der Waals surface area contributed by atoms with Gasteiger partial charge in [0.15, 0.2) is 0 Å². The third-order valence-corrected chi connectivity index (χ3v) is 7.05. The van der Waals surface area contributed by atoms with Gasteiger partial charge in [0.25, 0.3) is 0 Å². The minimum Gasteiger partial charge on any atom is -0.477 e. The second-order valence-electron chi connectivity index (χ2n) is 9.46. The Labute approximate surface area is 207 Å². The molecule has 1 aliphatic heterocycles. The number of aromatic carboxylic acids is 1. The first kappa shape index (κ1) is 25.2. The number of nitrogens with two attached hydrogens (primary N) is 1. The first-order valence-electron chi connectivity index (χ1n) is 11.6. The van der Waals surface area contributed by atoms with Crippen molar-refractivity contribution < 1.29 is 19.4 Å². The number of benzene rings is 2. The fourth-order valence-electron chi connectivity index (χ4n) is 4.81. The first-order valence-corrected chi connectivity index (χ1v) is 12.0. The topological polar surface area (TPSA) is 109 Å². The van der Waals surface area contributed by atoms with E-state index in [1.54, 1.807) is 22.8 Å². The standard InChI is InChI=1S/C26H29ClFN3O4/c1-14(2)23(13-32)31-12-19(26(34)35)25(33)18-9-16(8-15-4-3-5-20(27)24(15)28)21(10-22(18)31)30-7-6-17(29)11-30/h3-5,9-10,12,14,17,23,32H,6-8,11,13,29H2,1-2H3,(H,34,35)/t17?,23-/m1/s1. The molecule has 1 fully saturated rings. The van der Waals surface area contributed by atoms with E-state index in [1.807, 2.05) is 19.9 Å². The molecule has 7 nitrogen and oxygen atoms in total. The molecule has 186 valence electrons. The maximum atomic E-state index is 14.8. The van der Waals surface area contributed by atoms with Crippen LogP contribution >= 0.6 is 11.6 Å². The van der Waals surface area contributed by atoms with Crippen molar-refractivity contribution in [3.05, 3.63) is 74.3 Å². The first-order chi connectivity index (χ1) is 16.6. The van der Waals surface area contributed by atoms with E-state index in [1.165, 1.54) is 12.3 Å². The van der Waals surface area contributed by atoms with Crippen molar-refractivity contribution in [2.75, 3.05) is 24.6 Å². The highest BCUT2D eigenvalue weighted by atomic mass is 35.5. The number of anilines is 1. The summed E-state index contributed by atoms with van der Waals surface area (Å²) >= 11 is 6.00. The van der Waals surface area contributed by atoms with Crippen LogP contribution in [-0.2, 0) is 6.42 Å². The van der Waals surface area contributed by atoms with Crippen molar-refractivity contribution in [2.45, 2.75) is 38.8 Å². The van der Waals surface area contributed by atoms with Gasteiger partial charge >= 0.3 is 5.97 Å². The Hall–Kier alpha value is -2.94. The van der Waals surface area contributed by atoms with Crippen LogP contribution < -0.4 is 16.1 Å². The van der Waals surface area contributed by atoms with Crippen LogP contribution in [0, 0.1) is 11.7 Å². The van der Waals surface area contributed by atoms with Crippen molar-refractivity contribution >= 4 is 34.2 Å². The number of fused-ring (bicyclic) bond motifs is 1. The number of pyridine rings is 1. The number of carboxylic acids is 1. The Kier molecular flexibility index (Phi) is 7.17. The molecule has 2 aromatic carbocycles. The summed E-state index contributed by atoms with van der Waals surface area (Å²) in [5.41, 5.74) is 7.50. The number of halogens is 2. The molecule has 1 aromatic heterocycles. The van der Waals surface area contributed by atoms with Crippen molar-refractivity contribution in [1.29, 1.82) is 0 Å². The average Bonchev–Trinajstić information content (AvgIpc) is 3.24. The van der Waals surface area contributed by atoms with Gasteiger partial charge in [-0.25, -0.2) is 9.18 Å². The molecule has 4 N–H and O–H groups in total. The number of nitrogens with zero attached hydrogens (tertiary/aromatic N) is 2. The molecule has 1 aliphatic rings. The number of rotatable bonds is 7. The number of aromatic nitrogens is 1. The van der Waals surface area contributed by atoms with Crippen LogP contribution in [0.2, 0.25) is 5.02 Å². The summed E-state index contributed by atoms with van der Waals surface area (Å²) in [4.78, 5) is 27.2. The molecule has 4 rings (SSSR count). The Morgan fingerprint density at radius 1 is 1.29 bits per heavy atom. The molecule has 1 unspecified atom stereocenters. The van der Waals surface area contributed by atoms with E-state index < -0.39 is 23.3 Å². The fourth-order valence-corrected chi connectivity index (χ4v) is 5.00. The quantitative estimate of drug-likeness (QED) is 0.454. The highest BCUT2D eigenvalue weighted by Gasteiger charge is 2.26. The molecule has 35 heavy (non-hydrogen) atoms. The summed E-state index contributed by atoms with van der Waals surface area (Å²) < 4.78 is 16.5. The lowest BCUT2D eigenvalue weighted by molar-refractivity contribution is 0.0694. The number of carbonyl (C=O) groups is 1. The van der Waals surface area contributed by atoms with Gasteiger partial charge in [0, 0.05) is 42.8 Å². The summed E-state index contributed by atoms with van der Waals surface area (Å²) in [6, 6.07) is 7.80. The van der Waals surface area contributed by atoms with Crippen molar-refractivity contribution in [2.24, 2.45) is 11.7 Å². The Balaban J connectivity index is 2.02. The highest BCUT2D eigenvalue weighted by Crippen LogP contribution is 2.33. The van der Waals surface area contributed by atoms with Crippen LogP contribution in [0.4, 0.5) is 10.1 Å². The Bertz CT molecular complexity index is 1340. The van der Waals surface area contributed by atoms with Crippen LogP contribution in [0.1, 0.15) is 47.8 Å². The highest BCUT2D eigenvalue weighted by molar-refractivity contribution is 6.30.